The van der Waals surface area contributed by atoms with Crippen LogP contribution in [0.25, 0.3) is 0 Å². The molecule has 0 spiro atoms. The number of alkyl halides is 4. The Morgan fingerprint density at radius 1 is 1.25 bits per heavy atom. The Morgan fingerprint density at radius 3 is 2.25 bits per heavy atom. The van der Waals surface area contributed by atoms with Crippen LogP contribution in [-0.4, -0.2) is 6.77 Å². The Morgan fingerprint density at radius 2 is 2.00 bits per heavy atom. The Labute approximate surface area is 70.2 Å². The number of hydrogen-bond acceptors (Lipinski definition) is 0. The normalized spacial score (nSPS) is 28.8. The molecule has 1 heterocycles. The second-order valence-electron chi connectivity index (χ2n) is 1.89. The van der Waals surface area contributed by atoms with E-state index in [1.165, 1.54) is 17.3 Å². The minimum absolute atomic E-state index is 0.0992. The zero-order valence-corrected chi connectivity index (χ0v) is 8.13. The summed E-state index contributed by atoms with van der Waals surface area (Å²) in [4.78, 5) is 0. The van der Waals surface area contributed by atoms with Crippen molar-refractivity contribution in [2.75, 3.05) is 4.43 Å². The third kappa shape index (κ3) is 2.28. The van der Waals surface area contributed by atoms with Gasteiger partial charge in [-0.15, -0.1) is 0 Å². The van der Waals surface area contributed by atoms with E-state index in [9.17, 15) is 0 Å². The molecule has 3 heteroatoms. The van der Waals surface area contributed by atoms with Gasteiger partial charge in [-0.25, -0.2) is 0 Å². The summed E-state index contributed by atoms with van der Waals surface area (Å²) in [6.45, 7) is 0. The summed E-state index contributed by atoms with van der Waals surface area (Å²) in [5, 5.41) is 0. The van der Waals surface area contributed by atoms with Crippen LogP contribution in [0.2, 0.25) is 0 Å². The molecule has 0 aliphatic carbocycles. The van der Waals surface area contributed by atoms with Gasteiger partial charge < -0.3 is 0 Å². The Hall–Kier alpha value is 1.31. The van der Waals surface area contributed by atoms with Crippen LogP contribution in [0, 0.1) is 0 Å². The zero-order chi connectivity index (χ0) is 6.04. The molecule has 0 unspecified atom stereocenters. The molecule has 0 aromatic rings. The Kier molecular flexibility index (Phi) is 2.72. The van der Waals surface area contributed by atoms with E-state index in [2.05, 4.69) is 0 Å². The van der Waals surface area contributed by atoms with Crippen LogP contribution in [0.5, 0.6) is 0 Å². The maximum atomic E-state index is 5.89. The predicted molar refractivity (Wildman–Crippen MR) is 33.2 cm³/mol. The first kappa shape index (κ1) is 7.42. The van der Waals surface area contributed by atoms with E-state index in [0.29, 0.717) is 0 Å². The molecule has 0 aromatic heterocycles. The molecule has 1 saturated heterocycles. The molecule has 0 atom stereocenters. The summed E-state index contributed by atoms with van der Waals surface area (Å²) < 4.78 is 1.04. The van der Waals surface area contributed by atoms with E-state index in [0.717, 1.165) is 6.42 Å². The molecule has 1 aliphatic heterocycles. The van der Waals surface area contributed by atoms with E-state index in [-0.39, 0.29) is 23.5 Å². The summed E-state index contributed by atoms with van der Waals surface area (Å²) >= 11 is 11.9. The minimum atomic E-state index is -0.267. The van der Waals surface area contributed by atoms with Crippen LogP contribution in [0.4, 0.5) is 0 Å². The van der Waals surface area contributed by atoms with Crippen molar-refractivity contribution in [2.24, 2.45) is 0 Å². The van der Waals surface area contributed by atoms with Gasteiger partial charge in [-0.2, -0.15) is 0 Å². The van der Waals surface area contributed by atoms with Crippen LogP contribution in [0.3, 0.4) is 0 Å². The first-order chi connectivity index (χ1) is 3.71. The average Bonchev–Trinajstić information content (AvgIpc) is 1.65. The summed E-state index contributed by atoms with van der Waals surface area (Å²) in [6.07, 6.45) is 3.62. The number of rotatable bonds is 0. The van der Waals surface area contributed by atoms with Crippen molar-refractivity contribution >= 4 is 23.2 Å². The quantitative estimate of drug-likeness (QED) is 0.405. The van der Waals surface area contributed by atoms with E-state index < -0.39 is 0 Å². The van der Waals surface area contributed by atoms with Gasteiger partial charge >= 0.3 is 70.4 Å². The van der Waals surface area contributed by atoms with Gasteiger partial charge in [0.15, 0.2) is 0 Å². The van der Waals surface area contributed by atoms with Gasteiger partial charge in [0, 0.05) is 0 Å². The molecule has 0 N–H and O–H groups in total. The molecule has 1 rings (SSSR count). The first-order valence-electron chi connectivity index (χ1n) is 2.69. The number of halogens is 3. The number of hydrogen-bond donors (Lipinski definition) is 0. The third-order valence-electron chi connectivity index (χ3n) is 1.13. The molecule has 0 aromatic carbocycles. The van der Waals surface area contributed by atoms with Crippen LogP contribution in [0.1, 0.15) is 19.3 Å². The molecular formula is C5H8Cl2I-. The van der Waals surface area contributed by atoms with Crippen molar-refractivity contribution in [3.05, 3.63) is 0 Å². The topological polar surface area (TPSA) is 0 Å². The maximum absolute atomic E-state index is 5.89. The molecule has 0 amide bonds. The standard InChI is InChI=1S/C5H8Cl2I/c6-5(7)3-1-2-4-8-5/h1-4H2/q-1. The van der Waals surface area contributed by atoms with Crippen molar-refractivity contribution in [3.63, 3.8) is 0 Å². The molecule has 1 fully saturated rings. The summed E-state index contributed by atoms with van der Waals surface area (Å²) in [6, 6.07) is 0. The second kappa shape index (κ2) is 2.93. The molecular weight excluding hydrogens is 258 g/mol. The molecule has 8 heavy (non-hydrogen) atoms. The summed E-state index contributed by atoms with van der Waals surface area (Å²) in [5.41, 5.74) is 0. The molecule has 0 bridgehead atoms. The van der Waals surface area contributed by atoms with Crippen molar-refractivity contribution in [2.45, 2.75) is 21.6 Å². The fraction of sp³-hybridized carbons (Fsp3) is 1.00. The fourth-order valence-corrected chi connectivity index (χ4v) is 4.39. The van der Waals surface area contributed by atoms with Gasteiger partial charge in [-0.1, -0.05) is 0 Å². The van der Waals surface area contributed by atoms with E-state index in [4.69, 9.17) is 23.2 Å². The van der Waals surface area contributed by atoms with E-state index in [1.54, 1.807) is 0 Å². The van der Waals surface area contributed by atoms with Crippen molar-refractivity contribution < 1.29 is 21.2 Å². The van der Waals surface area contributed by atoms with Gasteiger partial charge in [0.05, 0.1) is 0 Å². The molecule has 50 valence electrons. The van der Waals surface area contributed by atoms with Crippen molar-refractivity contribution in [3.8, 4) is 0 Å². The molecule has 0 saturated carbocycles. The predicted octanol–water partition coefficient (Wildman–Crippen LogP) is -0.609. The van der Waals surface area contributed by atoms with Gasteiger partial charge in [0.25, 0.3) is 0 Å². The van der Waals surface area contributed by atoms with Crippen LogP contribution in [0.15, 0.2) is 0 Å². The fourth-order valence-electron chi connectivity index (χ4n) is 0.692. The van der Waals surface area contributed by atoms with Crippen LogP contribution in [-0.2, 0) is 0 Å². The van der Waals surface area contributed by atoms with Crippen LogP contribution >= 0.6 is 23.2 Å². The second-order valence-corrected chi connectivity index (χ2v) is 8.34. The molecule has 1 aliphatic rings. The zero-order valence-electron chi connectivity index (χ0n) is 4.46. The average molecular weight is 266 g/mol. The molecule has 0 nitrogen and oxygen atoms in total. The monoisotopic (exact) mass is 265 g/mol. The van der Waals surface area contributed by atoms with Crippen molar-refractivity contribution in [1.29, 1.82) is 0 Å². The van der Waals surface area contributed by atoms with Gasteiger partial charge in [0.1, 0.15) is 0 Å². The third-order valence-corrected chi connectivity index (χ3v) is 5.82. The SMILES string of the molecule is ClC1(Cl)CCCC[I-]1. The van der Waals surface area contributed by atoms with Gasteiger partial charge in [-0.3, -0.25) is 0 Å². The summed E-state index contributed by atoms with van der Waals surface area (Å²) in [7, 11) is 0. The Balaban J connectivity index is 2.33. The van der Waals surface area contributed by atoms with E-state index in [1.807, 2.05) is 0 Å². The van der Waals surface area contributed by atoms with Gasteiger partial charge in [0.2, 0.25) is 0 Å². The first-order valence-corrected chi connectivity index (χ1v) is 6.05. The summed E-state index contributed by atoms with van der Waals surface area (Å²) in [5.74, 6) is 0. The van der Waals surface area contributed by atoms with Crippen LogP contribution < -0.4 is 21.2 Å². The molecule has 0 radical (unpaired) electrons. The van der Waals surface area contributed by atoms with E-state index >= 15 is 0 Å². The van der Waals surface area contributed by atoms with Gasteiger partial charge in [-0.05, 0) is 0 Å². The Bertz CT molecular complexity index is 74.5. The van der Waals surface area contributed by atoms with Crippen molar-refractivity contribution in [1.82, 2.24) is 0 Å².